The first kappa shape index (κ1) is 25.8. The number of carbonyl (C=O) groups is 1. The van der Waals surface area contributed by atoms with Crippen LogP contribution in [0.2, 0.25) is 0 Å². The molecule has 0 spiro atoms. The van der Waals surface area contributed by atoms with Gasteiger partial charge in [-0.1, -0.05) is 35.4 Å². The minimum atomic E-state index is -1.46. The number of azide groups is 1. The summed E-state index contributed by atoms with van der Waals surface area (Å²) < 4.78 is 42.7. The van der Waals surface area contributed by atoms with E-state index in [1.54, 1.807) is 0 Å². The number of hydrogen-bond acceptors (Lipinski definition) is 4. The second-order valence-corrected chi connectivity index (χ2v) is 7.97. The molecular formula is C25H24F3N5O2. The molecule has 10 heteroatoms. The zero-order valence-electron chi connectivity index (χ0n) is 18.6. The predicted octanol–water partition coefficient (Wildman–Crippen LogP) is 4.81. The number of nitrogens with one attached hydrogen (secondary N) is 1. The van der Waals surface area contributed by atoms with Crippen LogP contribution in [-0.2, 0) is 11.2 Å². The maximum absolute atomic E-state index is 14.6. The van der Waals surface area contributed by atoms with Crippen molar-refractivity contribution in [1.82, 2.24) is 0 Å². The third kappa shape index (κ3) is 6.60. The van der Waals surface area contributed by atoms with E-state index in [9.17, 15) is 23.5 Å². The van der Waals surface area contributed by atoms with Gasteiger partial charge in [-0.3, -0.25) is 4.79 Å². The number of nitrogens with zero attached hydrogens (tertiary/aromatic N) is 3. The van der Waals surface area contributed by atoms with Gasteiger partial charge in [-0.25, -0.2) is 13.2 Å². The minimum absolute atomic E-state index is 0.132. The molecule has 1 unspecified atom stereocenters. The van der Waals surface area contributed by atoms with Crippen LogP contribution in [0.25, 0.3) is 10.4 Å². The van der Waals surface area contributed by atoms with Crippen LogP contribution in [0.4, 0.5) is 18.9 Å². The number of amides is 1. The molecule has 7 nitrogen and oxygen atoms in total. The Morgan fingerprint density at radius 3 is 2.17 bits per heavy atom. The topological polar surface area (TPSA) is 124 Å². The van der Waals surface area contributed by atoms with E-state index in [1.807, 2.05) is 0 Å². The number of aliphatic hydroxyl groups is 1. The molecule has 0 radical (unpaired) electrons. The fourth-order valence-corrected chi connectivity index (χ4v) is 3.84. The van der Waals surface area contributed by atoms with Gasteiger partial charge in [0.2, 0.25) is 5.91 Å². The van der Waals surface area contributed by atoms with Gasteiger partial charge in [0, 0.05) is 28.1 Å². The van der Waals surface area contributed by atoms with E-state index >= 15 is 0 Å². The molecule has 0 aliphatic rings. The first-order chi connectivity index (χ1) is 16.8. The molecule has 0 saturated carbocycles. The van der Waals surface area contributed by atoms with Gasteiger partial charge in [0.05, 0.1) is 6.61 Å². The van der Waals surface area contributed by atoms with Crippen molar-refractivity contribution in [2.24, 2.45) is 10.8 Å². The van der Waals surface area contributed by atoms with Gasteiger partial charge in [-0.2, -0.15) is 0 Å². The molecule has 0 saturated heterocycles. The monoisotopic (exact) mass is 483 g/mol. The Bertz CT molecular complexity index is 1190. The number of hydrogen-bond donors (Lipinski definition) is 3. The van der Waals surface area contributed by atoms with Crippen molar-refractivity contribution in [3.05, 3.63) is 111 Å². The van der Waals surface area contributed by atoms with Gasteiger partial charge in [0.15, 0.2) is 0 Å². The average Bonchev–Trinajstić information content (AvgIpc) is 2.83. The van der Waals surface area contributed by atoms with E-state index in [0.717, 1.165) is 0 Å². The summed E-state index contributed by atoms with van der Waals surface area (Å²) in [5, 5.41) is 15.4. The summed E-state index contributed by atoms with van der Waals surface area (Å²) in [6.45, 7) is -0.280. The highest BCUT2D eigenvalue weighted by atomic mass is 19.1. The zero-order valence-corrected chi connectivity index (χ0v) is 18.6. The largest absolute Gasteiger partial charge is 0.395 e. The van der Waals surface area contributed by atoms with Gasteiger partial charge >= 0.3 is 0 Å². The summed E-state index contributed by atoms with van der Waals surface area (Å²) in [7, 11) is 0. The highest BCUT2D eigenvalue weighted by Crippen LogP contribution is 2.32. The summed E-state index contributed by atoms with van der Waals surface area (Å²) in [5.74, 6) is -3.58. The van der Waals surface area contributed by atoms with Crippen molar-refractivity contribution in [2.75, 3.05) is 11.9 Å². The number of anilines is 1. The maximum atomic E-state index is 14.6. The van der Waals surface area contributed by atoms with Crippen molar-refractivity contribution >= 4 is 11.6 Å². The third-order valence-corrected chi connectivity index (χ3v) is 5.55. The van der Waals surface area contributed by atoms with Crippen LogP contribution >= 0.6 is 0 Å². The van der Waals surface area contributed by atoms with E-state index in [0.29, 0.717) is 0 Å². The standard InChI is InChI=1S/C25H24F3N5O2/c26-17-6-1-4-15(12-17)23(16-5-2-7-18(27)13-16)24(32-33-30)25(35)31-22-9-3-8-21(28)20(22)11-10-19(29)14-34/h1-9,12-13,19,23-24,34H,10-11,14,29H2,(H,31,35)/t19-,24?/m0/s1. The number of nitrogens with two attached hydrogens (primary N) is 1. The lowest BCUT2D eigenvalue weighted by Gasteiger charge is -2.25. The second kappa shape index (κ2) is 12.0. The molecule has 3 aromatic carbocycles. The van der Waals surface area contributed by atoms with Crippen molar-refractivity contribution in [1.29, 1.82) is 0 Å². The Balaban J connectivity index is 2.02. The first-order valence-electron chi connectivity index (χ1n) is 10.8. The minimum Gasteiger partial charge on any atom is -0.395 e. The smallest absolute Gasteiger partial charge is 0.234 e. The molecule has 0 aromatic heterocycles. The molecule has 182 valence electrons. The average molecular weight is 483 g/mol. The lowest BCUT2D eigenvalue weighted by atomic mass is 9.84. The maximum Gasteiger partial charge on any atom is 0.234 e. The van der Waals surface area contributed by atoms with Gasteiger partial charge in [-0.05, 0) is 65.9 Å². The van der Waals surface area contributed by atoms with Crippen LogP contribution < -0.4 is 11.1 Å². The Hall–Kier alpha value is -3.85. The summed E-state index contributed by atoms with van der Waals surface area (Å²) in [6, 6.07) is 12.8. The van der Waals surface area contributed by atoms with Crippen molar-refractivity contribution in [2.45, 2.75) is 30.8 Å². The van der Waals surface area contributed by atoms with Crippen LogP contribution in [0.3, 0.4) is 0 Å². The molecule has 35 heavy (non-hydrogen) atoms. The predicted molar refractivity (Wildman–Crippen MR) is 126 cm³/mol. The lowest BCUT2D eigenvalue weighted by Crippen LogP contribution is -2.33. The quantitative estimate of drug-likeness (QED) is 0.218. The van der Waals surface area contributed by atoms with E-state index < -0.39 is 41.4 Å². The van der Waals surface area contributed by atoms with E-state index in [-0.39, 0.29) is 41.8 Å². The number of aliphatic hydroxyl groups excluding tert-OH is 1. The van der Waals surface area contributed by atoms with Crippen molar-refractivity contribution in [3.8, 4) is 0 Å². The van der Waals surface area contributed by atoms with Crippen LogP contribution in [-0.4, -0.2) is 29.7 Å². The summed E-state index contributed by atoms with van der Waals surface area (Å²) >= 11 is 0. The van der Waals surface area contributed by atoms with Gasteiger partial charge in [0.25, 0.3) is 0 Å². The normalized spacial score (nSPS) is 12.6. The molecule has 3 rings (SSSR count). The fraction of sp³-hybridized carbons (Fsp3) is 0.240. The van der Waals surface area contributed by atoms with Crippen LogP contribution in [0, 0.1) is 17.5 Å². The molecule has 3 aromatic rings. The van der Waals surface area contributed by atoms with Gasteiger partial charge < -0.3 is 16.2 Å². The molecular weight excluding hydrogens is 459 g/mol. The fourth-order valence-electron chi connectivity index (χ4n) is 3.84. The second-order valence-electron chi connectivity index (χ2n) is 7.97. The van der Waals surface area contributed by atoms with Crippen molar-refractivity contribution < 1.29 is 23.1 Å². The molecule has 0 heterocycles. The number of halogens is 3. The highest BCUT2D eigenvalue weighted by molar-refractivity contribution is 5.96. The van der Waals surface area contributed by atoms with Gasteiger partial charge in [-0.15, -0.1) is 0 Å². The molecule has 0 aliphatic heterocycles. The summed E-state index contributed by atoms with van der Waals surface area (Å²) in [5.41, 5.74) is 15.8. The van der Waals surface area contributed by atoms with Crippen molar-refractivity contribution in [3.63, 3.8) is 0 Å². The van der Waals surface area contributed by atoms with Crippen LogP contribution in [0.1, 0.15) is 29.0 Å². The zero-order chi connectivity index (χ0) is 25.4. The van der Waals surface area contributed by atoms with Crippen LogP contribution in [0.15, 0.2) is 71.8 Å². The lowest BCUT2D eigenvalue weighted by molar-refractivity contribution is -0.117. The summed E-state index contributed by atoms with van der Waals surface area (Å²) in [6.07, 6.45) is 0.392. The number of rotatable bonds is 10. The van der Waals surface area contributed by atoms with Crippen LogP contribution in [0.5, 0.6) is 0 Å². The first-order valence-corrected chi connectivity index (χ1v) is 10.8. The highest BCUT2D eigenvalue weighted by Gasteiger charge is 2.31. The molecule has 0 bridgehead atoms. The third-order valence-electron chi connectivity index (χ3n) is 5.55. The van der Waals surface area contributed by atoms with E-state index in [4.69, 9.17) is 10.8 Å². The number of carbonyl (C=O) groups excluding carboxylic acids is 1. The molecule has 1 amide bonds. The molecule has 0 fully saturated rings. The number of benzene rings is 3. The molecule has 4 N–H and O–H groups in total. The van der Waals surface area contributed by atoms with E-state index in [2.05, 4.69) is 15.3 Å². The molecule has 2 atom stereocenters. The Labute approximate surface area is 200 Å². The Morgan fingerprint density at radius 1 is 1.03 bits per heavy atom. The SMILES string of the molecule is [N-]=[N+]=NC(C(=O)Nc1cccc(F)c1CC[C@H](N)CO)C(c1cccc(F)c1)c1cccc(F)c1. The van der Waals surface area contributed by atoms with Gasteiger partial charge in [0.1, 0.15) is 23.5 Å². The van der Waals surface area contributed by atoms with E-state index in [1.165, 1.54) is 66.7 Å². The summed E-state index contributed by atoms with van der Waals surface area (Å²) in [4.78, 5) is 16.2. The molecule has 0 aliphatic carbocycles. The Morgan fingerprint density at radius 2 is 1.63 bits per heavy atom. The Kier molecular flexibility index (Phi) is 8.86.